The molecule has 0 aliphatic carbocycles. The molecule has 0 saturated carbocycles. The third-order valence-electron chi connectivity index (χ3n) is 2.17. The first-order chi connectivity index (χ1) is 7.65. The summed E-state index contributed by atoms with van der Waals surface area (Å²) in [6, 6.07) is 3.78. The van der Waals surface area contributed by atoms with Crippen LogP contribution in [0.1, 0.15) is 18.4 Å². The summed E-state index contributed by atoms with van der Waals surface area (Å²) in [5.74, 6) is 0.226. The molecule has 0 atom stereocenters. The number of benzene rings is 1. The van der Waals surface area contributed by atoms with Gasteiger partial charge in [0.2, 0.25) is 0 Å². The lowest BCUT2D eigenvalue weighted by atomic mass is 10.2. The fourth-order valence-electron chi connectivity index (χ4n) is 1.31. The SMILES string of the molecule is OCCCCNCc1cc(Br)c(O)c(Br)c1. The lowest BCUT2D eigenvalue weighted by Gasteiger charge is -2.07. The maximum atomic E-state index is 9.53. The smallest absolute Gasteiger partial charge is 0.143 e. The molecule has 0 aliphatic rings. The minimum absolute atomic E-state index is 0.226. The normalized spacial score (nSPS) is 10.7. The Labute approximate surface area is 112 Å². The van der Waals surface area contributed by atoms with Crippen LogP contribution in [-0.2, 0) is 6.54 Å². The Morgan fingerprint density at radius 1 is 1.12 bits per heavy atom. The highest BCUT2D eigenvalue weighted by atomic mass is 79.9. The van der Waals surface area contributed by atoms with Gasteiger partial charge in [-0.1, -0.05) is 0 Å². The van der Waals surface area contributed by atoms with Crippen LogP contribution in [0.25, 0.3) is 0 Å². The largest absolute Gasteiger partial charge is 0.506 e. The third-order valence-corrected chi connectivity index (χ3v) is 3.38. The average Bonchev–Trinajstić information content (AvgIpc) is 2.25. The average molecular weight is 353 g/mol. The van der Waals surface area contributed by atoms with Crippen molar-refractivity contribution in [2.45, 2.75) is 19.4 Å². The summed E-state index contributed by atoms with van der Waals surface area (Å²) < 4.78 is 1.38. The van der Waals surface area contributed by atoms with E-state index in [9.17, 15) is 5.11 Å². The van der Waals surface area contributed by atoms with E-state index in [0.717, 1.165) is 31.5 Å². The predicted octanol–water partition coefficient (Wildman–Crippen LogP) is 2.78. The molecule has 0 bridgehead atoms. The second-order valence-electron chi connectivity index (χ2n) is 3.52. The van der Waals surface area contributed by atoms with Crippen LogP contribution >= 0.6 is 31.9 Å². The number of hydrogen-bond acceptors (Lipinski definition) is 3. The van der Waals surface area contributed by atoms with E-state index in [1.54, 1.807) is 0 Å². The molecule has 0 saturated heterocycles. The van der Waals surface area contributed by atoms with Gasteiger partial charge in [-0.25, -0.2) is 0 Å². The topological polar surface area (TPSA) is 52.5 Å². The molecule has 16 heavy (non-hydrogen) atoms. The van der Waals surface area contributed by atoms with Gasteiger partial charge >= 0.3 is 0 Å². The van der Waals surface area contributed by atoms with Gasteiger partial charge in [0.25, 0.3) is 0 Å². The maximum absolute atomic E-state index is 9.53. The summed E-state index contributed by atoms with van der Waals surface area (Å²) in [6.45, 7) is 1.89. The van der Waals surface area contributed by atoms with Crippen molar-refractivity contribution in [1.82, 2.24) is 5.32 Å². The molecule has 0 aromatic heterocycles. The molecule has 1 rings (SSSR count). The van der Waals surface area contributed by atoms with Crippen molar-refractivity contribution in [1.29, 1.82) is 0 Å². The highest BCUT2D eigenvalue weighted by Gasteiger charge is 2.05. The Balaban J connectivity index is 2.43. The van der Waals surface area contributed by atoms with Crippen molar-refractivity contribution in [3.8, 4) is 5.75 Å². The molecule has 90 valence electrons. The molecule has 3 N–H and O–H groups in total. The predicted molar refractivity (Wildman–Crippen MR) is 71.5 cm³/mol. The fraction of sp³-hybridized carbons (Fsp3) is 0.455. The minimum atomic E-state index is 0.226. The number of rotatable bonds is 6. The number of aliphatic hydroxyl groups is 1. The molecule has 5 heteroatoms. The van der Waals surface area contributed by atoms with E-state index in [2.05, 4.69) is 37.2 Å². The summed E-state index contributed by atoms with van der Waals surface area (Å²) in [4.78, 5) is 0. The van der Waals surface area contributed by atoms with Crippen LogP contribution in [0, 0.1) is 0 Å². The highest BCUT2D eigenvalue weighted by Crippen LogP contribution is 2.33. The quantitative estimate of drug-likeness (QED) is 0.690. The second-order valence-corrected chi connectivity index (χ2v) is 5.22. The Kier molecular flexibility index (Phi) is 6.34. The van der Waals surface area contributed by atoms with E-state index in [0.29, 0.717) is 8.95 Å². The maximum Gasteiger partial charge on any atom is 0.143 e. The molecule has 0 heterocycles. The molecule has 0 unspecified atom stereocenters. The third kappa shape index (κ3) is 4.41. The lowest BCUT2D eigenvalue weighted by Crippen LogP contribution is -2.15. The van der Waals surface area contributed by atoms with Crippen LogP contribution in [0.3, 0.4) is 0 Å². The zero-order valence-electron chi connectivity index (χ0n) is 8.84. The van der Waals surface area contributed by atoms with Gasteiger partial charge < -0.3 is 15.5 Å². The van der Waals surface area contributed by atoms with Crippen LogP contribution in [0.2, 0.25) is 0 Å². The molecular weight excluding hydrogens is 338 g/mol. The Hall–Kier alpha value is -0.100. The van der Waals surface area contributed by atoms with Crippen molar-refractivity contribution < 1.29 is 10.2 Å². The number of nitrogens with one attached hydrogen (secondary N) is 1. The number of phenols is 1. The fourth-order valence-corrected chi connectivity index (χ4v) is 2.60. The minimum Gasteiger partial charge on any atom is -0.506 e. The van der Waals surface area contributed by atoms with E-state index in [1.807, 2.05) is 12.1 Å². The molecular formula is C11H15Br2NO2. The second kappa shape index (κ2) is 7.27. The van der Waals surface area contributed by atoms with E-state index < -0.39 is 0 Å². The van der Waals surface area contributed by atoms with Crippen molar-refractivity contribution >= 4 is 31.9 Å². The first-order valence-electron chi connectivity index (χ1n) is 5.13. The zero-order valence-corrected chi connectivity index (χ0v) is 12.0. The molecule has 0 spiro atoms. The Morgan fingerprint density at radius 3 is 2.31 bits per heavy atom. The van der Waals surface area contributed by atoms with Gasteiger partial charge in [0.15, 0.2) is 0 Å². The van der Waals surface area contributed by atoms with Crippen LogP contribution in [0.5, 0.6) is 5.75 Å². The molecule has 1 aromatic rings. The molecule has 0 radical (unpaired) electrons. The zero-order chi connectivity index (χ0) is 12.0. The molecule has 1 aromatic carbocycles. The summed E-state index contributed by atoms with van der Waals surface area (Å²) in [7, 11) is 0. The van der Waals surface area contributed by atoms with Gasteiger partial charge in [0.1, 0.15) is 5.75 Å². The van der Waals surface area contributed by atoms with Gasteiger partial charge in [-0.2, -0.15) is 0 Å². The summed E-state index contributed by atoms with van der Waals surface area (Å²) >= 11 is 6.58. The standard InChI is InChI=1S/C11H15Br2NO2/c12-9-5-8(6-10(13)11(9)16)7-14-3-1-2-4-15/h5-6,14-16H,1-4,7H2. The van der Waals surface area contributed by atoms with Crippen LogP contribution in [0.15, 0.2) is 21.1 Å². The van der Waals surface area contributed by atoms with Crippen LogP contribution < -0.4 is 5.32 Å². The molecule has 3 nitrogen and oxygen atoms in total. The van der Waals surface area contributed by atoms with E-state index in [-0.39, 0.29) is 12.4 Å². The number of phenolic OH excluding ortho intramolecular Hbond substituents is 1. The monoisotopic (exact) mass is 351 g/mol. The number of unbranched alkanes of at least 4 members (excludes halogenated alkanes) is 1. The van der Waals surface area contributed by atoms with Crippen molar-refractivity contribution in [2.24, 2.45) is 0 Å². The van der Waals surface area contributed by atoms with Gasteiger partial charge in [0.05, 0.1) is 8.95 Å². The molecule has 0 amide bonds. The summed E-state index contributed by atoms with van der Waals surface area (Å²) in [6.07, 6.45) is 1.80. The first kappa shape index (κ1) is 14.0. The molecule has 0 fully saturated rings. The van der Waals surface area contributed by atoms with Gasteiger partial charge in [-0.3, -0.25) is 0 Å². The number of aliphatic hydroxyl groups excluding tert-OH is 1. The van der Waals surface area contributed by atoms with Crippen LogP contribution in [0.4, 0.5) is 0 Å². The van der Waals surface area contributed by atoms with Crippen LogP contribution in [-0.4, -0.2) is 23.4 Å². The summed E-state index contributed by atoms with van der Waals surface area (Å²) in [5.41, 5.74) is 1.10. The number of hydrogen-bond donors (Lipinski definition) is 3. The highest BCUT2D eigenvalue weighted by molar-refractivity contribution is 9.11. The van der Waals surface area contributed by atoms with Crippen molar-refractivity contribution in [2.75, 3.05) is 13.2 Å². The summed E-state index contributed by atoms with van der Waals surface area (Å²) in [5, 5.41) is 21.4. The van der Waals surface area contributed by atoms with E-state index in [1.165, 1.54) is 0 Å². The Morgan fingerprint density at radius 2 is 1.75 bits per heavy atom. The van der Waals surface area contributed by atoms with E-state index >= 15 is 0 Å². The first-order valence-corrected chi connectivity index (χ1v) is 6.72. The molecule has 0 aliphatic heterocycles. The van der Waals surface area contributed by atoms with Gasteiger partial charge in [0, 0.05) is 13.2 Å². The Bertz CT molecular complexity index is 322. The van der Waals surface area contributed by atoms with E-state index in [4.69, 9.17) is 5.11 Å². The van der Waals surface area contributed by atoms with Crippen molar-refractivity contribution in [3.63, 3.8) is 0 Å². The van der Waals surface area contributed by atoms with Crippen molar-refractivity contribution in [3.05, 3.63) is 26.6 Å². The lowest BCUT2D eigenvalue weighted by molar-refractivity contribution is 0.283. The van der Waals surface area contributed by atoms with Gasteiger partial charge in [-0.15, -0.1) is 0 Å². The van der Waals surface area contributed by atoms with Gasteiger partial charge in [-0.05, 0) is 68.9 Å². The number of halogens is 2. The number of aromatic hydroxyl groups is 1.